The first-order valence-electron chi connectivity index (χ1n) is 4.54. The first-order valence-corrected chi connectivity index (χ1v) is 4.54. The van der Waals surface area contributed by atoms with Gasteiger partial charge in [-0.05, 0) is 17.5 Å². The molecule has 1 aliphatic heterocycles. The monoisotopic (exact) mass is 193 g/mol. The molecule has 1 aliphatic rings. The molecular weight excluding hydrogens is 182 g/mol. The second kappa shape index (κ2) is 3.29. The summed E-state index contributed by atoms with van der Waals surface area (Å²) in [6.07, 6.45) is 3.46. The molecule has 1 aromatic heterocycles. The smallest absolute Gasteiger partial charge is 0.230 e. The summed E-state index contributed by atoms with van der Waals surface area (Å²) in [6, 6.07) is 1.82. The number of nitrogens with one attached hydrogen (secondary N) is 1. The van der Waals surface area contributed by atoms with Crippen molar-refractivity contribution < 1.29 is 14.0 Å². The average Bonchev–Trinajstić information content (AvgIpc) is 2.73. The summed E-state index contributed by atoms with van der Waals surface area (Å²) in [4.78, 5) is 22.3. The highest BCUT2D eigenvalue weighted by Gasteiger charge is 2.35. The van der Waals surface area contributed by atoms with Gasteiger partial charge >= 0.3 is 0 Å². The van der Waals surface area contributed by atoms with Gasteiger partial charge in [0.15, 0.2) is 0 Å². The first kappa shape index (κ1) is 8.99. The Morgan fingerprint density at radius 2 is 2.36 bits per heavy atom. The fourth-order valence-corrected chi connectivity index (χ4v) is 1.74. The van der Waals surface area contributed by atoms with Gasteiger partial charge in [-0.3, -0.25) is 14.9 Å². The lowest BCUT2D eigenvalue weighted by Gasteiger charge is -2.13. The number of imide groups is 1. The van der Waals surface area contributed by atoms with E-state index < -0.39 is 0 Å². The van der Waals surface area contributed by atoms with Gasteiger partial charge in [0.1, 0.15) is 0 Å². The van der Waals surface area contributed by atoms with Crippen LogP contribution in [-0.4, -0.2) is 11.8 Å². The zero-order valence-electron chi connectivity index (χ0n) is 7.82. The molecule has 0 saturated carbocycles. The largest absolute Gasteiger partial charge is 0.472 e. The predicted octanol–water partition coefficient (Wildman–Crippen LogP) is 1.05. The lowest BCUT2D eigenvalue weighted by Crippen LogP contribution is -2.24. The quantitative estimate of drug-likeness (QED) is 0.714. The summed E-state index contributed by atoms with van der Waals surface area (Å²) in [5.74, 6) is -0.584. The van der Waals surface area contributed by atoms with E-state index in [0.717, 1.165) is 5.56 Å². The maximum absolute atomic E-state index is 11.4. The molecule has 14 heavy (non-hydrogen) atoms. The van der Waals surface area contributed by atoms with Crippen LogP contribution in [0.15, 0.2) is 23.0 Å². The van der Waals surface area contributed by atoms with Gasteiger partial charge in [-0.25, -0.2) is 0 Å². The number of carbonyl (C=O) groups excluding carboxylic acids is 2. The summed E-state index contributed by atoms with van der Waals surface area (Å²) in [5, 5.41) is 2.30. The van der Waals surface area contributed by atoms with Gasteiger partial charge < -0.3 is 4.42 Å². The van der Waals surface area contributed by atoms with Crippen LogP contribution < -0.4 is 5.32 Å². The molecule has 0 radical (unpaired) electrons. The van der Waals surface area contributed by atoms with E-state index in [0.29, 0.717) is 0 Å². The number of amides is 2. The van der Waals surface area contributed by atoms with E-state index in [4.69, 9.17) is 4.42 Å². The molecule has 0 bridgehead atoms. The molecule has 4 nitrogen and oxygen atoms in total. The van der Waals surface area contributed by atoms with Crippen LogP contribution in [-0.2, 0) is 9.59 Å². The van der Waals surface area contributed by atoms with Crippen molar-refractivity contribution in [3.05, 3.63) is 24.2 Å². The Morgan fingerprint density at radius 1 is 1.57 bits per heavy atom. The summed E-state index contributed by atoms with van der Waals surface area (Å²) in [7, 11) is 0. The van der Waals surface area contributed by atoms with Gasteiger partial charge in [-0.2, -0.15) is 0 Å². The lowest BCUT2D eigenvalue weighted by molar-refractivity contribution is -0.126. The molecule has 0 aromatic carbocycles. The van der Waals surface area contributed by atoms with E-state index in [1.54, 1.807) is 12.5 Å². The molecule has 1 saturated heterocycles. The van der Waals surface area contributed by atoms with Crippen molar-refractivity contribution in [1.82, 2.24) is 5.32 Å². The van der Waals surface area contributed by atoms with Crippen molar-refractivity contribution in [2.24, 2.45) is 5.92 Å². The zero-order valence-corrected chi connectivity index (χ0v) is 7.82. The van der Waals surface area contributed by atoms with Gasteiger partial charge in [-0.1, -0.05) is 6.92 Å². The molecule has 0 aliphatic carbocycles. The Kier molecular flexibility index (Phi) is 2.11. The van der Waals surface area contributed by atoms with Crippen molar-refractivity contribution in [3.8, 4) is 0 Å². The fourth-order valence-electron chi connectivity index (χ4n) is 1.74. The van der Waals surface area contributed by atoms with Crippen molar-refractivity contribution in [2.75, 3.05) is 0 Å². The van der Waals surface area contributed by atoms with Crippen LogP contribution in [0.2, 0.25) is 0 Å². The summed E-state index contributed by atoms with van der Waals surface area (Å²) in [6.45, 7) is 1.92. The van der Waals surface area contributed by atoms with Crippen molar-refractivity contribution >= 4 is 11.8 Å². The summed E-state index contributed by atoms with van der Waals surface area (Å²) in [5.41, 5.74) is 0.958. The summed E-state index contributed by atoms with van der Waals surface area (Å²) < 4.78 is 4.94. The van der Waals surface area contributed by atoms with Crippen LogP contribution in [0.1, 0.15) is 24.8 Å². The standard InChI is InChI=1S/C10H11NO3/c1-6(7-2-3-14-5-7)8-4-9(12)11-10(8)13/h2-3,5-6,8H,4H2,1H3,(H,11,12,13). The molecule has 2 atom stereocenters. The second-order valence-corrected chi connectivity index (χ2v) is 3.57. The number of carbonyl (C=O) groups is 2. The van der Waals surface area contributed by atoms with E-state index in [-0.39, 0.29) is 30.1 Å². The van der Waals surface area contributed by atoms with Crippen molar-refractivity contribution in [1.29, 1.82) is 0 Å². The molecule has 2 unspecified atom stereocenters. The Hall–Kier alpha value is -1.58. The van der Waals surface area contributed by atoms with Gasteiger partial charge in [0, 0.05) is 6.42 Å². The lowest BCUT2D eigenvalue weighted by atomic mass is 9.88. The molecule has 1 N–H and O–H groups in total. The Bertz CT molecular complexity index is 355. The number of furan rings is 1. The SMILES string of the molecule is CC(c1ccoc1)C1CC(=O)NC1=O. The van der Waals surface area contributed by atoms with Crippen LogP contribution >= 0.6 is 0 Å². The van der Waals surface area contributed by atoms with Crippen LogP contribution in [0.5, 0.6) is 0 Å². The van der Waals surface area contributed by atoms with E-state index in [2.05, 4.69) is 5.32 Å². The maximum Gasteiger partial charge on any atom is 0.230 e. The van der Waals surface area contributed by atoms with Gasteiger partial charge in [0.25, 0.3) is 0 Å². The van der Waals surface area contributed by atoms with E-state index >= 15 is 0 Å². The highest BCUT2D eigenvalue weighted by Crippen LogP contribution is 2.29. The van der Waals surface area contributed by atoms with Crippen LogP contribution in [0.4, 0.5) is 0 Å². The third-order valence-corrected chi connectivity index (χ3v) is 2.68. The minimum atomic E-state index is -0.250. The molecule has 74 valence electrons. The van der Waals surface area contributed by atoms with Crippen LogP contribution in [0.3, 0.4) is 0 Å². The van der Waals surface area contributed by atoms with Gasteiger partial charge in [0.05, 0.1) is 18.4 Å². The van der Waals surface area contributed by atoms with Crippen molar-refractivity contribution in [2.45, 2.75) is 19.3 Å². The normalized spacial score (nSPS) is 23.6. The predicted molar refractivity (Wildman–Crippen MR) is 48.4 cm³/mol. The molecule has 1 aromatic rings. The van der Waals surface area contributed by atoms with E-state index in [1.165, 1.54) is 0 Å². The molecule has 1 fully saturated rings. The van der Waals surface area contributed by atoms with Gasteiger partial charge in [0.2, 0.25) is 11.8 Å². The molecular formula is C10H11NO3. The maximum atomic E-state index is 11.4. The minimum absolute atomic E-state index is 0.0280. The molecule has 4 heteroatoms. The third-order valence-electron chi connectivity index (χ3n) is 2.68. The van der Waals surface area contributed by atoms with Crippen molar-refractivity contribution in [3.63, 3.8) is 0 Å². The highest BCUT2D eigenvalue weighted by atomic mass is 16.3. The molecule has 2 heterocycles. The topological polar surface area (TPSA) is 59.3 Å². The Balaban J connectivity index is 2.16. The summed E-state index contributed by atoms with van der Waals surface area (Å²) >= 11 is 0. The third kappa shape index (κ3) is 1.43. The van der Waals surface area contributed by atoms with Crippen LogP contribution in [0, 0.1) is 5.92 Å². The zero-order chi connectivity index (χ0) is 10.1. The number of hydrogen-bond donors (Lipinski definition) is 1. The second-order valence-electron chi connectivity index (χ2n) is 3.57. The number of hydrogen-bond acceptors (Lipinski definition) is 3. The minimum Gasteiger partial charge on any atom is -0.472 e. The molecule has 2 amide bonds. The van der Waals surface area contributed by atoms with Gasteiger partial charge in [-0.15, -0.1) is 0 Å². The highest BCUT2D eigenvalue weighted by molar-refractivity contribution is 6.03. The first-order chi connectivity index (χ1) is 6.68. The molecule has 2 rings (SSSR count). The Morgan fingerprint density at radius 3 is 2.86 bits per heavy atom. The van der Waals surface area contributed by atoms with Crippen LogP contribution in [0.25, 0.3) is 0 Å². The van der Waals surface area contributed by atoms with E-state index in [1.807, 2.05) is 13.0 Å². The molecule has 0 spiro atoms. The Labute approximate surface area is 81.3 Å². The number of rotatable bonds is 2. The average molecular weight is 193 g/mol. The van der Waals surface area contributed by atoms with E-state index in [9.17, 15) is 9.59 Å². The fraction of sp³-hybridized carbons (Fsp3) is 0.400.